The summed E-state index contributed by atoms with van der Waals surface area (Å²) >= 11 is 1.67. The Morgan fingerprint density at radius 3 is 2.60 bits per heavy atom. The van der Waals surface area contributed by atoms with E-state index in [1.54, 1.807) is 23.9 Å². The molecule has 0 bridgehead atoms. The molecule has 0 unspecified atom stereocenters. The van der Waals surface area contributed by atoms with Crippen LogP contribution in [0.5, 0.6) is 0 Å². The van der Waals surface area contributed by atoms with Gasteiger partial charge in [-0.05, 0) is 31.0 Å². The molecule has 0 aromatic heterocycles. The van der Waals surface area contributed by atoms with Gasteiger partial charge in [0, 0.05) is 23.6 Å². The molecule has 0 fully saturated rings. The van der Waals surface area contributed by atoms with Gasteiger partial charge in [-0.2, -0.15) is 0 Å². The molecule has 0 amide bonds. The minimum atomic E-state index is -0.393. The van der Waals surface area contributed by atoms with E-state index in [1.807, 2.05) is 0 Å². The summed E-state index contributed by atoms with van der Waals surface area (Å²) in [6, 6.07) is 6.58. The highest BCUT2D eigenvalue weighted by Crippen LogP contribution is 2.21. The maximum Gasteiger partial charge on any atom is 0.269 e. The van der Waals surface area contributed by atoms with Gasteiger partial charge in [0.25, 0.3) is 5.69 Å². The predicted molar refractivity (Wildman–Crippen MR) is 62.9 cm³/mol. The highest BCUT2D eigenvalue weighted by atomic mass is 32.2. The lowest BCUT2D eigenvalue weighted by molar-refractivity contribution is -0.384. The van der Waals surface area contributed by atoms with Gasteiger partial charge in [-0.15, -0.1) is 11.8 Å². The van der Waals surface area contributed by atoms with E-state index in [4.69, 9.17) is 0 Å². The van der Waals surface area contributed by atoms with Gasteiger partial charge in [-0.25, -0.2) is 0 Å². The first kappa shape index (κ1) is 11.7. The van der Waals surface area contributed by atoms with E-state index in [2.05, 4.69) is 11.7 Å². The van der Waals surface area contributed by atoms with Crippen LogP contribution in [0.1, 0.15) is 6.42 Å². The van der Waals surface area contributed by atoms with Gasteiger partial charge in [0.15, 0.2) is 0 Å². The van der Waals surface area contributed by atoms with Crippen LogP contribution in [-0.4, -0.2) is 23.9 Å². The second-order valence-electron chi connectivity index (χ2n) is 2.90. The number of non-ortho nitro benzene ring substituents is 1. The van der Waals surface area contributed by atoms with Crippen molar-refractivity contribution in [3.8, 4) is 0 Å². The summed E-state index contributed by atoms with van der Waals surface area (Å²) in [4.78, 5) is 14.8. The fourth-order valence-electron chi connectivity index (χ4n) is 1.03. The maximum absolute atomic E-state index is 10.4. The molecular weight excluding hydrogens is 212 g/mol. The van der Waals surface area contributed by atoms with Crippen LogP contribution in [0, 0.1) is 10.1 Å². The minimum absolute atomic E-state index is 0.132. The molecule has 0 atom stereocenters. The first-order chi connectivity index (χ1) is 7.24. The highest BCUT2D eigenvalue weighted by molar-refractivity contribution is 7.99. The van der Waals surface area contributed by atoms with E-state index in [-0.39, 0.29) is 5.69 Å². The molecule has 5 heteroatoms. The van der Waals surface area contributed by atoms with Gasteiger partial charge in [0.2, 0.25) is 0 Å². The Bertz CT molecular complexity index is 338. The van der Waals surface area contributed by atoms with E-state index in [0.717, 1.165) is 23.6 Å². The molecule has 4 nitrogen and oxygen atoms in total. The van der Waals surface area contributed by atoms with Gasteiger partial charge < -0.3 is 4.99 Å². The Morgan fingerprint density at radius 1 is 1.40 bits per heavy atom. The van der Waals surface area contributed by atoms with Crippen LogP contribution >= 0.6 is 11.8 Å². The maximum atomic E-state index is 10.4. The molecule has 1 rings (SSSR count). The van der Waals surface area contributed by atoms with Crippen molar-refractivity contribution < 1.29 is 4.92 Å². The van der Waals surface area contributed by atoms with Gasteiger partial charge in [0.05, 0.1) is 4.92 Å². The molecule has 15 heavy (non-hydrogen) atoms. The summed E-state index contributed by atoms with van der Waals surface area (Å²) < 4.78 is 0. The Hall–Kier alpha value is -1.36. The molecule has 80 valence electrons. The van der Waals surface area contributed by atoms with Crippen molar-refractivity contribution in [2.24, 2.45) is 4.99 Å². The topological polar surface area (TPSA) is 55.5 Å². The molecule has 1 aromatic rings. The van der Waals surface area contributed by atoms with Crippen molar-refractivity contribution in [3.05, 3.63) is 34.4 Å². The number of rotatable bonds is 6. The third kappa shape index (κ3) is 4.12. The summed E-state index contributed by atoms with van der Waals surface area (Å²) in [5, 5.41) is 10.4. The summed E-state index contributed by atoms with van der Waals surface area (Å²) in [5.41, 5.74) is 0.132. The molecule has 0 aliphatic rings. The molecule has 0 radical (unpaired) electrons. The van der Waals surface area contributed by atoms with Crippen molar-refractivity contribution >= 4 is 24.2 Å². The fourth-order valence-corrected chi connectivity index (χ4v) is 1.87. The third-order valence-electron chi connectivity index (χ3n) is 1.78. The van der Waals surface area contributed by atoms with Crippen LogP contribution in [0.25, 0.3) is 0 Å². The van der Waals surface area contributed by atoms with Gasteiger partial charge in [0.1, 0.15) is 0 Å². The number of nitrogens with zero attached hydrogens (tertiary/aromatic N) is 2. The zero-order valence-electron chi connectivity index (χ0n) is 8.26. The molecule has 0 aliphatic heterocycles. The van der Waals surface area contributed by atoms with Crippen LogP contribution in [-0.2, 0) is 0 Å². The van der Waals surface area contributed by atoms with E-state index in [9.17, 15) is 10.1 Å². The van der Waals surface area contributed by atoms with Gasteiger partial charge in [-0.1, -0.05) is 0 Å². The number of aliphatic imine (C=N–C) groups is 1. The smallest absolute Gasteiger partial charge is 0.269 e. The van der Waals surface area contributed by atoms with E-state index in [0.29, 0.717) is 0 Å². The monoisotopic (exact) mass is 224 g/mol. The Balaban J connectivity index is 2.42. The lowest BCUT2D eigenvalue weighted by Gasteiger charge is -1.99. The molecule has 0 N–H and O–H groups in total. The summed E-state index contributed by atoms with van der Waals surface area (Å²) in [5.74, 6) is 0.955. The van der Waals surface area contributed by atoms with E-state index >= 15 is 0 Å². The number of thioether (sulfide) groups is 1. The quantitative estimate of drug-likeness (QED) is 0.245. The summed E-state index contributed by atoms with van der Waals surface area (Å²) in [6.45, 7) is 4.17. The van der Waals surface area contributed by atoms with E-state index < -0.39 is 4.92 Å². The predicted octanol–water partition coefficient (Wildman–Crippen LogP) is 2.78. The van der Waals surface area contributed by atoms with Crippen molar-refractivity contribution in [3.63, 3.8) is 0 Å². The molecule has 1 aromatic carbocycles. The number of hydrogen-bond acceptors (Lipinski definition) is 4. The number of nitro benzene ring substituents is 1. The lowest BCUT2D eigenvalue weighted by atomic mass is 10.3. The van der Waals surface area contributed by atoms with Crippen LogP contribution in [0.3, 0.4) is 0 Å². The molecule has 0 saturated heterocycles. The van der Waals surface area contributed by atoms with Gasteiger partial charge >= 0.3 is 0 Å². The summed E-state index contributed by atoms with van der Waals surface area (Å²) in [7, 11) is 0. The molecule has 0 saturated carbocycles. The Kier molecular flexibility index (Phi) is 4.83. The first-order valence-corrected chi connectivity index (χ1v) is 5.52. The number of benzene rings is 1. The Labute approximate surface area is 92.6 Å². The van der Waals surface area contributed by atoms with Crippen molar-refractivity contribution in [2.75, 3.05) is 12.3 Å². The largest absolute Gasteiger partial charge is 0.301 e. The normalized spacial score (nSPS) is 9.87. The summed E-state index contributed by atoms with van der Waals surface area (Å²) in [6.07, 6.45) is 0.977. The molecule has 0 spiro atoms. The third-order valence-corrected chi connectivity index (χ3v) is 2.88. The van der Waals surface area contributed by atoms with Crippen LogP contribution < -0.4 is 0 Å². The van der Waals surface area contributed by atoms with Crippen LogP contribution in [0.2, 0.25) is 0 Å². The molecule has 0 heterocycles. The standard InChI is InChI=1S/C10H12N2O2S/c1-11-7-2-8-15-10-5-3-9(4-6-10)12(13)14/h3-6H,1-2,7-8H2. The Morgan fingerprint density at radius 2 is 2.07 bits per heavy atom. The minimum Gasteiger partial charge on any atom is -0.301 e. The average molecular weight is 224 g/mol. The van der Waals surface area contributed by atoms with Crippen LogP contribution in [0.15, 0.2) is 34.2 Å². The van der Waals surface area contributed by atoms with Crippen molar-refractivity contribution in [2.45, 2.75) is 11.3 Å². The lowest BCUT2D eigenvalue weighted by Crippen LogP contribution is -1.87. The number of hydrogen-bond donors (Lipinski definition) is 0. The highest BCUT2D eigenvalue weighted by Gasteiger charge is 2.03. The first-order valence-electron chi connectivity index (χ1n) is 4.54. The molecule has 0 aliphatic carbocycles. The molecular formula is C10H12N2O2S. The zero-order chi connectivity index (χ0) is 11.1. The van der Waals surface area contributed by atoms with Gasteiger partial charge in [-0.3, -0.25) is 10.1 Å². The average Bonchev–Trinajstić information content (AvgIpc) is 2.25. The SMILES string of the molecule is C=NCCCSc1ccc([N+](=O)[O-])cc1. The zero-order valence-corrected chi connectivity index (χ0v) is 9.07. The van der Waals surface area contributed by atoms with E-state index in [1.165, 1.54) is 12.1 Å². The van der Waals surface area contributed by atoms with Crippen molar-refractivity contribution in [1.29, 1.82) is 0 Å². The number of nitro groups is 1. The second kappa shape index (κ2) is 6.19. The second-order valence-corrected chi connectivity index (χ2v) is 4.07. The van der Waals surface area contributed by atoms with Crippen molar-refractivity contribution in [1.82, 2.24) is 0 Å². The fraction of sp³-hybridized carbons (Fsp3) is 0.300. The van der Waals surface area contributed by atoms with Crippen LogP contribution in [0.4, 0.5) is 5.69 Å².